The number of anilines is 2. The highest BCUT2D eigenvalue weighted by atomic mass is 32.2. The molecule has 34 heavy (non-hydrogen) atoms. The predicted molar refractivity (Wildman–Crippen MR) is 130 cm³/mol. The van der Waals surface area contributed by atoms with E-state index in [-0.39, 0.29) is 28.6 Å². The van der Waals surface area contributed by atoms with Gasteiger partial charge in [-0.2, -0.15) is 0 Å². The van der Waals surface area contributed by atoms with Crippen molar-refractivity contribution in [3.05, 3.63) is 51.1 Å². The minimum atomic E-state index is -3.64. The molecule has 2 aliphatic carbocycles. The zero-order chi connectivity index (χ0) is 24.7. The molecular formula is C23H30N2O7S2. The van der Waals surface area contributed by atoms with E-state index in [1.54, 1.807) is 12.1 Å². The molecule has 1 atom stereocenters. The van der Waals surface area contributed by atoms with Gasteiger partial charge < -0.3 is 9.52 Å². The molecule has 0 spiro atoms. The van der Waals surface area contributed by atoms with Crippen molar-refractivity contribution < 1.29 is 26.4 Å². The molecule has 2 aromatic rings. The first kappa shape index (κ1) is 24.6. The van der Waals surface area contributed by atoms with Gasteiger partial charge in [-0.15, -0.1) is 0 Å². The summed E-state index contributed by atoms with van der Waals surface area (Å²) in [5.74, 6) is -0.0371. The van der Waals surface area contributed by atoms with Crippen LogP contribution in [0.5, 0.6) is 5.75 Å². The summed E-state index contributed by atoms with van der Waals surface area (Å²) in [7, 11) is -7.28. The summed E-state index contributed by atoms with van der Waals surface area (Å²) in [4.78, 5) is 13.1. The zero-order valence-electron chi connectivity index (χ0n) is 19.3. The van der Waals surface area contributed by atoms with Gasteiger partial charge in [0.05, 0.1) is 29.4 Å². The van der Waals surface area contributed by atoms with E-state index in [4.69, 9.17) is 4.42 Å². The van der Waals surface area contributed by atoms with Crippen LogP contribution in [0.4, 0.5) is 11.4 Å². The summed E-state index contributed by atoms with van der Waals surface area (Å²) >= 11 is 0. The summed E-state index contributed by atoms with van der Waals surface area (Å²) in [6.45, 7) is 0. The van der Waals surface area contributed by atoms with E-state index >= 15 is 0 Å². The lowest BCUT2D eigenvalue weighted by atomic mass is 9.85. The van der Waals surface area contributed by atoms with Crippen molar-refractivity contribution in [1.29, 1.82) is 0 Å². The summed E-state index contributed by atoms with van der Waals surface area (Å²) in [5.41, 5.74) is 1.06. The molecule has 0 amide bonds. The lowest BCUT2D eigenvalue weighted by molar-refractivity contribution is 0.382. The van der Waals surface area contributed by atoms with Crippen molar-refractivity contribution in [2.24, 2.45) is 5.92 Å². The molecule has 1 saturated carbocycles. The van der Waals surface area contributed by atoms with E-state index in [1.807, 2.05) is 0 Å². The Morgan fingerprint density at radius 3 is 2.00 bits per heavy atom. The molecule has 0 saturated heterocycles. The Hall–Kier alpha value is -2.53. The van der Waals surface area contributed by atoms with E-state index in [9.17, 15) is 26.7 Å². The van der Waals surface area contributed by atoms with Gasteiger partial charge in [0.15, 0.2) is 0 Å². The number of hydrogen-bond acceptors (Lipinski definition) is 7. The molecule has 2 aliphatic rings. The van der Waals surface area contributed by atoms with Crippen molar-refractivity contribution in [3.63, 3.8) is 0 Å². The van der Waals surface area contributed by atoms with E-state index in [0.29, 0.717) is 29.7 Å². The summed E-state index contributed by atoms with van der Waals surface area (Å²) in [6, 6.07) is 4.53. The fourth-order valence-electron chi connectivity index (χ4n) is 4.78. The lowest BCUT2D eigenvalue weighted by Crippen LogP contribution is -2.20. The molecule has 3 N–H and O–H groups in total. The van der Waals surface area contributed by atoms with Crippen molar-refractivity contribution in [3.8, 4) is 5.75 Å². The molecule has 186 valence electrons. The average molecular weight is 511 g/mol. The standard InChI is InChI=1S/C23H30N2O7S2/c1-33(28,29)24-16-11-15(12-17(13-16)25-34(2,30)31)20(14-9-10-14)21-22(26)18-7-5-3-4-6-8-19(18)32-23(21)27/h11-14,20,24-26H,3-10H2,1-2H3. The zero-order valence-corrected chi connectivity index (χ0v) is 20.9. The van der Waals surface area contributed by atoms with Crippen LogP contribution in [0.25, 0.3) is 0 Å². The Kier molecular flexibility index (Phi) is 6.69. The minimum absolute atomic E-state index is 0.0416. The molecule has 1 fully saturated rings. The predicted octanol–water partition coefficient (Wildman–Crippen LogP) is 3.29. The number of rotatable bonds is 7. The van der Waals surface area contributed by atoms with Crippen LogP contribution in [-0.2, 0) is 32.9 Å². The van der Waals surface area contributed by atoms with Gasteiger partial charge in [0.1, 0.15) is 11.5 Å². The molecule has 9 nitrogen and oxygen atoms in total. The number of nitrogens with one attached hydrogen (secondary N) is 2. The van der Waals surface area contributed by atoms with Crippen LogP contribution in [-0.4, -0.2) is 34.5 Å². The number of fused-ring (bicyclic) bond motifs is 1. The molecule has 11 heteroatoms. The quantitative estimate of drug-likeness (QED) is 0.519. The monoisotopic (exact) mass is 510 g/mol. The first-order valence-corrected chi connectivity index (χ1v) is 15.2. The van der Waals surface area contributed by atoms with E-state index in [0.717, 1.165) is 51.0 Å². The molecule has 0 radical (unpaired) electrons. The van der Waals surface area contributed by atoms with E-state index in [1.165, 1.54) is 6.07 Å². The summed E-state index contributed by atoms with van der Waals surface area (Å²) in [6.07, 6.45) is 8.71. The van der Waals surface area contributed by atoms with Gasteiger partial charge in [0.25, 0.3) is 0 Å². The van der Waals surface area contributed by atoms with Crippen LogP contribution in [0, 0.1) is 5.92 Å². The first-order valence-electron chi connectivity index (χ1n) is 11.4. The van der Waals surface area contributed by atoms with Crippen LogP contribution in [0.15, 0.2) is 27.4 Å². The van der Waals surface area contributed by atoms with Crippen LogP contribution >= 0.6 is 0 Å². The second-order valence-electron chi connectivity index (χ2n) is 9.37. The Morgan fingerprint density at radius 1 is 0.912 bits per heavy atom. The van der Waals surface area contributed by atoms with Crippen molar-refractivity contribution in [2.45, 2.75) is 57.3 Å². The van der Waals surface area contributed by atoms with Gasteiger partial charge in [-0.25, -0.2) is 21.6 Å². The topological polar surface area (TPSA) is 143 Å². The summed E-state index contributed by atoms with van der Waals surface area (Å²) < 4.78 is 57.9. The van der Waals surface area contributed by atoms with Gasteiger partial charge in [-0.1, -0.05) is 12.8 Å². The Bertz CT molecular complexity index is 1310. The van der Waals surface area contributed by atoms with Crippen molar-refractivity contribution in [2.75, 3.05) is 22.0 Å². The molecule has 1 aromatic carbocycles. The van der Waals surface area contributed by atoms with Crippen molar-refractivity contribution in [1.82, 2.24) is 0 Å². The van der Waals surface area contributed by atoms with Gasteiger partial charge in [-0.05, 0) is 61.8 Å². The molecule has 1 unspecified atom stereocenters. The third kappa shape index (κ3) is 5.93. The molecule has 1 aromatic heterocycles. The molecule has 1 heterocycles. The number of aryl methyl sites for hydroxylation is 1. The molecule has 0 bridgehead atoms. The molecular weight excluding hydrogens is 480 g/mol. The highest BCUT2D eigenvalue weighted by Gasteiger charge is 2.39. The third-order valence-electron chi connectivity index (χ3n) is 6.22. The largest absolute Gasteiger partial charge is 0.507 e. The second-order valence-corrected chi connectivity index (χ2v) is 12.9. The number of benzene rings is 1. The third-order valence-corrected chi connectivity index (χ3v) is 7.43. The lowest BCUT2D eigenvalue weighted by Gasteiger charge is -2.22. The number of sulfonamides is 2. The van der Waals surface area contributed by atoms with E-state index in [2.05, 4.69) is 9.44 Å². The molecule has 4 rings (SSSR count). The van der Waals surface area contributed by atoms with Crippen LogP contribution < -0.4 is 15.1 Å². The smallest absolute Gasteiger partial charge is 0.343 e. The number of hydrogen-bond donors (Lipinski definition) is 3. The second kappa shape index (κ2) is 9.26. The highest BCUT2D eigenvalue weighted by Crippen LogP contribution is 2.49. The first-order chi connectivity index (χ1) is 15.9. The maximum Gasteiger partial charge on any atom is 0.343 e. The highest BCUT2D eigenvalue weighted by molar-refractivity contribution is 7.92. The molecule has 0 aliphatic heterocycles. The normalized spacial score (nSPS) is 17.8. The van der Waals surface area contributed by atoms with Gasteiger partial charge in [-0.3, -0.25) is 9.44 Å². The van der Waals surface area contributed by atoms with Gasteiger partial charge in [0.2, 0.25) is 20.0 Å². The van der Waals surface area contributed by atoms with Crippen molar-refractivity contribution >= 4 is 31.4 Å². The fraction of sp³-hybridized carbons (Fsp3) is 0.522. The van der Waals surface area contributed by atoms with Crippen LogP contribution in [0.2, 0.25) is 0 Å². The maximum atomic E-state index is 13.1. The Morgan fingerprint density at radius 2 is 1.47 bits per heavy atom. The number of aromatic hydroxyl groups is 1. The maximum absolute atomic E-state index is 13.1. The fourth-order valence-corrected chi connectivity index (χ4v) is 5.87. The van der Waals surface area contributed by atoms with Crippen LogP contribution in [0.3, 0.4) is 0 Å². The summed E-state index contributed by atoms with van der Waals surface area (Å²) in [5, 5.41) is 11.3. The van der Waals surface area contributed by atoms with Gasteiger partial charge in [0, 0.05) is 17.9 Å². The Labute approximate surface area is 199 Å². The van der Waals surface area contributed by atoms with E-state index < -0.39 is 31.6 Å². The SMILES string of the molecule is CS(=O)(=O)Nc1cc(NS(C)(=O)=O)cc(C(c2c(O)c3c(oc2=O)CCCCCC3)C2CC2)c1. The minimum Gasteiger partial charge on any atom is -0.507 e. The van der Waals surface area contributed by atoms with Gasteiger partial charge >= 0.3 is 5.63 Å². The Balaban J connectivity index is 1.88. The van der Waals surface area contributed by atoms with Crippen LogP contribution in [0.1, 0.15) is 66.9 Å². The average Bonchev–Trinajstić information content (AvgIpc) is 3.48.